The van der Waals surface area contributed by atoms with Gasteiger partial charge in [-0.05, 0) is 44.8 Å². The summed E-state index contributed by atoms with van der Waals surface area (Å²) >= 11 is 0. The third-order valence-corrected chi connectivity index (χ3v) is 4.86. The number of likely N-dealkylation sites (tertiary alicyclic amines) is 1. The Kier molecular flexibility index (Phi) is 5.30. The molecule has 0 aromatic rings. The molecule has 17 heavy (non-hydrogen) atoms. The second-order valence-corrected chi connectivity index (χ2v) is 6.09. The fourth-order valence-electron chi connectivity index (χ4n) is 3.65. The van der Waals surface area contributed by atoms with Crippen LogP contribution in [0.25, 0.3) is 0 Å². The maximum absolute atomic E-state index is 3.54. The van der Waals surface area contributed by atoms with Crippen molar-refractivity contribution in [3.63, 3.8) is 0 Å². The molecule has 0 saturated carbocycles. The number of fused-ring (bicyclic) bond motifs is 1. The number of hydrogen-bond donors (Lipinski definition) is 1. The molecule has 0 radical (unpaired) electrons. The molecule has 2 aliphatic rings. The lowest BCUT2D eigenvalue weighted by molar-refractivity contribution is 0.234. The first-order valence-corrected chi connectivity index (χ1v) is 7.77. The Morgan fingerprint density at radius 3 is 2.59 bits per heavy atom. The van der Waals surface area contributed by atoms with Gasteiger partial charge in [-0.15, -0.1) is 0 Å². The van der Waals surface area contributed by atoms with E-state index < -0.39 is 0 Å². The highest BCUT2D eigenvalue weighted by Crippen LogP contribution is 2.32. The summed E-state index contributed by atoms with van der Waals surface area (Å²) in [5, 5.41) is 3.54. The second kappa shape index (κ2) is 6.75. The molecular weight excluding hydrogens is 208 g/mol. The average molecular weight is 238 g/mol. The Bertz CT molecular complexity index is 217. The zero-order valence-corrected chi connectivity index (χ0v) is 11.8. The lowest BCUT2D eigenvalue weighted by Gasteiger charge is -2.24. The maximum atomic E-state index is 3.54. The predicted octanol–water partition coefficient (Wildman–Crippen LogP) is 2.89. The molecule has 0 aliphatic carbocycles. The number of unbranched alkanes of at least 4 members (excludes halogenated alkanes) is 5. The third kappa shape index (κ3) is 3.45. The number of nitrogens with zero attached hydrogens (tertiary/aromatic N) is 1. The summed E-state index contributed by atoms with van der Waals surface area (Å²) in [6.07, 6.45) is 8.54. The molecule has 0 amide bonds. The van der Waals surface area contributed by atoms with Crippen LogP contribution in [0.2, 0.25) is 0 Å². The summed E-state index contributed by atoms with van der Waals surface area (Å²) in [5.41, 5.74) is 0. The molecule has 2 nitrogen and oxygen atoms in total. The lowest BCUT2D eigenvalue weighted by atomic mass is 9.95. The quantitative estimate of drug-likeness (QED) is 0.686. The monoisotopic (exact) mass is 238 g/mol. The third-order valence-electron chi connectivity index (χ3n) is 4.86. The normalized spacial score (nSPS) is 33.2. The smallest absolute Gasteiger partial charge is 0.0111 e. The van der Waals surface area contributed by atoms with Crippen molar-refractivity contribution < 1.29 is 0 Å². The summed E-state index contributed by atoms with van der Waals surface area (Å²) in [7, 11) is 0. The molecule has 2 fully saturated rings. The van der Waals surface area contributed by atoms with Gasteiger partial charge >= 0.3 is 0 Å². The summed E-state index contributed by atoms with van der Waals surface area (Å²) in [6.45, 7) is 9.96. The highest BCUT2D eigenvalue weighted by molar-refractivity contribution is 4.96. The zero-order valence-electron chi connectivity index (χ0n) is 11.8. The van der Waals surface area contributed by atoms with Crippen LogP contribution in [-0.2, 0) is 0 Å². The highest BCUT2D eigenvalue weighted by Gasteiger charge is 2.41. The van der Waals surface area contributed by atoms with Crippen molar-refractivity contribution >= 4 is 0 Å². The molecule has 0 spiro atoms. The van der Waals surface area contributed by atoms with Gasteiger partial charge in [-0.2, -0.15) is 0 Å². The van der Waals surface area contributed by atoms with Gasteiger partial charge < -0.3 is 5.32 Å². The standard InChI is InChI=1S/C15H30N2/c1-3-4-5-6-7-8-9-17-12-14-10-16-11-15(14)13(17)2/h13-16H,3-12H2,1-2H3. The topological polar surface area (TPSA) is 15.3 Å². The van der Waals surface area contributed by atoms with Crippen molar-refractivity contribution in [1.29, 1.82) is 0 Å². The van der Waals surface area contributed by atoms with Crippen molar-refractivity contribution in [2.75, 3.05) is 26.2 Å². The molecule has 0 aromatic carbocycles. The molecule has 0 aromatic heterocycles. The van der Waals surface area contributed by atoms with Gasteiger partial charge in [0, 0.05) is 12.6 Å². The second-order valence-electron chi connectivity index (χ2n) is 6.09. The van der Waals surface area contributed by atoms with E-state index in [2.05, 4.69) is 24.1 Å². The molecular formula is C15H30N2. The van der Waals surface area contributed by atoms with Crippen LogP contribution in [0.15, 0.2) is 0 Å². The fraction of sp³-hybridized carbons (Fsp3) is 1.00. The molecule has 3 atom stereocenters. The van der Waals surface area contributed by atoms with Crippen LogP contribution < -0.4 is 5.32 Å². The van der Waals surface area contributed by atoms with E-state index in [1.807, 2.05) is 0 Å². The number of hydrogen-bond acceptors (Lipinski definition) is 2. The molecule has 0 bridgehead atoms. The molecule has 2 heterocycles. The van der Waals surface area contributed by atoms with Crippen molar-refractivity contribution in [2.45, 2.75) is 58.4 Å². The van der Waals surface area contributed by atoms with Crippen molar-refractivity contribution in [3.8, 4) is 0 Å². The maximum Gasteiger partial charge on any atom is 0.0111 e. The largest absolute Gasteiger partial charge is 0.316 e. The van der Waals surface area contributed by atoms with Crippen LogP contribution in [0.5, 0.6) is 0 Å². The molecule has 3 unspecified atom stereocenters. The highest BCUT2D eigenvalue weighted by atomic mass is 15.2. The minimum absolute atomic E-state index is 0.825. The van der Waals surface area contributed by atoms with Crippen molar-refractivity contribution in [2.24, 2.45) is 11.8 Å². The van der Waals surface area contributed by atoms with E-state index in [1.165, 1.54) is 64.7 Å². The van der Waals surface area contributed by atoms with Gasteiger partial charge in [0.15, 0.2) is 0 Å². The van der Waals surface area contributed by atoms with Crippen LogP contribution >= 0.6 is 0 Å². The lowest BCUT2D eigenvalue weighted by Crippen LogP contribution is -2.33. The van der Waals surface area contributed by atoms with Gasteiger partial charge in [-0.25, -0.2) is 0 Å². The number of rotatable bonds is 7. The van der Waals surface area contributed by atoms with Crippen molar-refractivity contribution in [1.82, 2.24) is 10.2 Å². The van der Waals surface area contributed by atoms with Gasteiger partial charge in [0.1, 0.15) is 0 Å². The Morgan fingerprint density at radius 1 is 1.06 bits per heavy atom. The van der Waals surface area contributed by atoms with Gasteiger partial charge in [-0.1, -0.05) is 39.0 Å². The van der Waals surface area contributed by atoms with E-state index >= 15 is 0 Å². The van der Waals surface area contributed by atoms with E-state index in [-0.39, 0.29) is 0 Å². The van der Waals surface area contributed by atoms with Gasteiger partial charge in [0.25, 0.3) is 0 Å². The summed E-state index contributed by atoms with van der Waals surface area (Å²) in [5.74, 6) is 1.89. The van der Waals surface area contributed by atoms with E-state index in [9.17, 15) is 0 Å². The Labute approximate surface area is 107 Å². The van der Waals surface area contributed by atoms with Gasteiger partial charge in [0.2, 0.25) is 0 Å². The first-order valence-electron chi connectivity index (χ1n) is 7.77. The van der Waals surface area contributed by atoms with E-state index in [4.69, 9.17) is 0 Å². The van der Waals surface area contributed by atoms with E-state index in [0.717, 1.165) is 17.9 Å². The summed E-state index contributed by atoms with van der Waals surface area (Å²) < 4.78 is 0. The first kappa shape index (κ1) is 13.4. The molecule has 2 saturated heterocycles. The molecule has 2 aliphatic heterocycles. The van der Waals surface area contributed by atoms with Crippen LogP contribution in [0, 0.1) is 11.8 Å². The van der Waals surface area contributed by atoms with Crippen LogP contribution in [0.4, 0.5) is 0 Å². The number of nitrogens with one attached hydrogen (secondary N) is 1. The first-order chi connectivity index (χ1) is 8.33. The average Bonchev–Trinajstić information content (AvgIpc) is 2.88. The summed E-state index contributed by atoms with van der Waals surface area (Å²) in [4.78, 5) is 2.75. The molecule has 2 rings (SSSR count). The molecule has 2 heteroatoms. The van der Waals surface area contributed by atoms with E-state index in [0.29, 0.717) is 0 Å². The predicted molar refractivity (Wildman–Crippen MR) is 74.3 cm³/mol. The molecule has 100 valence electrons. The summed E-state index contributed by atoms with van der Waals surface area (Å²) in [6, 6.07) is 0.825. The van der Waals surface area contributed by atoms with Crippen LogP contribution in [-0.4, -0.2) is 37.1 Å². The van der Waals surface area contributed by atoms with Crippen LogP contribution in [0.3, 0.4) is 0 Å². The Hall–Kier alpha value is -0.0800. The van der Waals surface area contributed by atoms with E-state index in [1.54, 1.807) is 0 Å². The Morgan fingerprint density at radius 2 is 1.82 bits per heavy atom. The fourth-order valence-corrected chi connectivity index (χ4v) is 3.65. The SMILES string of the molecule is CCCCCCCCN1CC2CNCC2C1C. The van der Waals surface area contributed by atoms with Crippen LogP contribution in [0.1, 0.15) is 52.4 Å². The minimum Gasteiger partial charge on any atom is -0.316 e. The van der Waals surface area contributed by atoms with Gasteiger partial charge in [-0.3, -0.25) is 4.90 Å². The molecule has 1 N–H and O–H groups in total. The minimum atomic E-state index is 0.825. The Balaban J connectivity index is 1.57. The zero-order chi connectivity index (χ0) is 12.1. The van der Waals surface area contributed by atoms with Gasteiger partial charge in [0.05, 0.1) is 0 Å². The van der Waals surface area contributed by atoms with Crippen molar-refractivity contribution in [3.05, 3.63) is 0 Å².